The zero-order chi connectivity index (χ0) is 46.9. The summed E-state index contributed by atoms with van der Waals surface area (Å²) in [5.74, 6) is -1.79. The summed E-state index contributed by atoms with van der Waals surface area (Å²) in [6.45, 7) is 3.71. The Balaban J connectivity index is 4.22. The number of phosphoric ester groups is 1. The maximum atomic E-state index is 12.7. The number of esters is 1. The average molecular weight is 920 g/mol. The first-order valence-electron chi connectivity index (χ1n) is 25.5. The number of carboxylic acid groups (broad SMARTS) is 1. The fourth-order valence-corrected chi connectivity index (χ4v) is 7.62. The van der Waals surface area contributed by atoms with E-state index >= 15 is 0 Å². The highest BCUT2D eigenvalue weighted by molar-refractivity contribution is 7.47. The van der Waals surface area contributed by atoms with E-state index in [1.54, 1.807) is 0 Å². The maximum Gasteiger partial charge on any atom is 0.472 e. The second-order valence-electron chi connectivity index (χ2n) is 16.9. The summed E-state index contributed by atoms with van der Waals surface area (Å²) in [4.78, 5) is 33.7. The minimum absolute atomic E-state index is 0.00716. The number of phosphoric acid groups is 1. The van der Waals surface area contributed by atoms with Crippen molar-refractivity contribution in [1.82, 2.24) is 0 Å². The lowest BCUT2D eigenvalue weighted by atomic mass is 10.0. The summed E-state index contributed by atoms with van der Waals surface area (Å²) < 4.78 is 33.5. The Labute approximate surface area is 391 Å². The van der Waals surface area contributed by atoms with Gasteiger partial charge in [-0.1, -0.05) is 215 Å². The number of carbonyl (C=O) groups is 2. The van der Waals surface area contributed by atoms with Crippen LogP contribution in [0.3, 0.4) is 0 Å². The number of aliphatic carboxylic acids is 1. The van der Waals surface area contributed by atoms with Crippen LogP contribution in [0.15, 0.2) is 72.9 Å². The van der Waals surface area contributed by atoms with Crippen LogP contribution in [0, 0.1) is 0 Å². The molecule has 0 aromatic heterocycles. The number of nitrogens with two attached hydrogens (primary N) is 1. The van der Waals surface area contributed by atoms with E-state index in [4.69, 9.17) is 29.4 Å². The second kappa shape index (κ2) is 48.3. The maximum absolute atomic E-state index is 12.7. The van der Waals surface area contributed by atoms with Crippen LogP contribution in [0.2, 0.25) is 0 Å². The van der Waals surface area contributed by atoms with E-state index in [2.05, 4.69) is 86.8 Å². The fourth-order valence-electron chi connectivity index (χ4n) is 6.84. The van der Waals surface area contributed by atoms with Crippen LogP contribution in [0.5, 0.6) is 0 Å². The van der Waals surface area contributed by atoms with Crippen molar-refractivity contribution in [1.29, 1.82) is 0 Å². The van der Waals surface area contributed by atoms with E-state index in [1.165, 1.54) is 103 Å². The number of hydrogen-bond acceptors (Lipinski definition) is 8. The van der Waals surface area contributed by atoms with Crippen LogP contribution in [-0.4, -0.2) is 60.5 Å². The standard InChI is InChI=1S/C53H94NO9P/c1-3-5-7-9-11-13-15-17-19-21-23-25-26-28-30-32-34-36-38-40-42-44-46-60-47-50(48-61-64(58,59)62-49-51(54)53(56)57)63-52(55)45-43-41-39-37-35-33-31-29-27-24-22-20-18-16-14-12-10-8-6-4-2/h5,7,11,13,17,19,23,25,28,30,34,36,50-51H,3-4,6,8-10,12,14-16,18,20-22,24,26-27,29,31-33,35,37-49,54H2,1-2H3,(H,56,57)(H,58,59)/b7-5-,13-11-,19-17-,25-23-,30-28-,36-34-. The van der Waals surface area contributed by atoms with Crippen LogP contribution < -0.4 is 5.73 Å². The molecule has 0 bridgehead atoms. The smallest absolute Gasteiger partial charge is 0.472 e. The lowest BCUT2D eigenvalue weighted by molar-refractivity contribution is -0.154. The van der Waals surface area contributed by atoms with Gasteiger partial charge in [0.15, 0.2) is 0 Å². The van der Waals surface area contributed by atoms with Gasteiger partial charge in [0.05, 0.1) is 19.8 Å². The Bertz CT molecular complexity index is 1290. The first-order chi connectivity index (χ1) is 31.2. The zero-order valence-corrected chi connectivity index (χ0v) is 41.5. The molecule has 0 rings (SSSR count). The van der Waals surface area contributed by atoms with Crippen LogP contribution in [0.4, 0.5) is 0 Å². The Kier molecular flexibility index (Phi) is 46.4. The van der Waals surface area contributed by atoms with E-state index in [9.17, 15) is 19.0 Å². The molecule has 3 atom stereocenters. The van der Waals surface area contributed by atoms with Gasteiger partial charge in [0.1, 0.15) is 12.1 Å². The summed E-state index contributed by atoms with van der Waals surface area (Å²) in [5.41, 5.74) is 5.37. The number of carbonyl (C=O) groups excluding carboxylic acids is 1. The van der Waals surface area contributed by atoms with Crippen LogP contribution in [0.1, 0.15) is 213 Å². The number of unbranched alkanes of at least 4 members (excludes halogenated alkanes) is 22. The molecule has 64 heavy (non-hydrogen) atoms. The van der Waals surface area contributed by atoms with Crippen molar-refractivity contribution in [3.05, 3.63) is 72.9 Å². The van der Waals surface area contributed by atoms with Gasteiger partial charge in [-0.25, -0.2) is 4.57 Å². The third-order valence-electron chi connectivity index (χ3n) is 10.8. The molecule has 0 aliphatic carbocycles. The Morgan fingerprint density at radius 2 is 0.906 bits per heavy atom. The molecule has 11 heteroatoms. The van der Waals surface area contributed by atoms with E-state index in [0.29, 0.717) is 13.0 Å². The highest BCUT2D eigenvalue weighted by Crippen LogP contribution is 2.43. The van der Waals surface area contributed by atoms with Crippen molar-refractivity contribution in [3.63, 3.8) is 0 Å². The second-order valence-corrected chi connectivity index (χ2v) is 18.4. The quantitative estimate of drug-likeness (QED) is 0.0232. The van der Waals surface area contributed by atoms with Crippen molar-refractivity contribution in [2.75, 3.05) is 26.4 Å². The molecule has 4 N–H and O–H groups in total. The number of carboxylic acids is 1. The van der Waals surface area contributed by atoms with E-state index in [1.807, 2.05) is 0 Å². The number of ether oxygens (including phenoxy) is 2. The summed E-state index contributed by atoms with van der Waals surface area (Å²) in [5, 5.41) is 8.93. The fraction of sp³-hybridized carbons (Fsp3) is 0.736. The first-order valence-corrected chi connectivity index (χ1v) is 27.0. The van der Waals surface area contributed by atoms with Crippen molar-refractivity contribution in [2.24, 2.45) is 5.73 Å². The van der Waals surface area contributed by atoms with Gasteiger partial charge in [-0.15, -0.1) is 0 Å². The average Bonchev–Trinajstić information content (AvgIpc) is 3.28. The van der Waals surface area contributed by atoms with Gasteiger partial charge >= 0.3 is 19.8 Å². The highest BCUT2D eigenvalue weighted by Gasteiger charge is 2.27. The van der Waals surface area contributed by atoms with Gasteiger partial charge in [-0.05, 0) is 64.2 Å². The number of allylic oxidation sites excluding steroid dienone is 12. The highest BCUT2D eigenvalue weighted by atomic mass is 31.2. The van der Waals surface area contributed by atoms with E-state index < -0.39 is 45.1 Å². The number of hydrogen-bond donors (Lipinski definition) is 3. The largest absolute Gasteiger partial charge is 0.480 e. The van der Waals surface area contributed by atoms with Crippen LogP contribution in [-0.2, 0) is 32.7 Å². The molecule has 0 amide bonds. The molecule has 0 aliphatic heterocycles. The van der Waals surface area contributed by atoms with Gasteiger partial charge in [-0.2, -0.15) is 0 Å². The molecule has 0 aromatic carbocycles. The molecule has 0 spiro atoms. The first kappa shape index (κ1) is 61.4. The SMILES string of the molecule is CC/C=C\C/C=C\C/C=C\C/C=C\C/C=C\C/C=C\CCCCCOCC(COP(=O)(O)OCC(N)C(=O)O)OC(=O)CCCCCCCCCCCCCCCCCCCCCC. The van der Waals surface area contributed by atoms with Crippen molar-refractivity contribution in [3.8, 4) is 0 Å². The molecule has 10 nitrogen and oxygen atoms in total. The number of rotatable bonds is 48. The van der Waals surface area contributed by atoms with E-state index in [-0.39, 0.29) is 13.0 Å². The summed E-state index contributed by atoms with van der Waals surface area (Å²) in [7, 11) is -4.63. The molecule has 0 radical (unpaired) electrons. The van der Waals surface area contributed by atoms with Crippen molar-refractivity contribution in [2.45, 2.75) is 225 Å². The lowest BCUT2D eigenvalue weighted by Crippen LogP contribution is -2.34. The molecule has 0 aliphatic rings. The molecular formula is C53H94NO9P. The normalized spacial score (nSPS) is 14.3. The van der Waals surface area contributed by atoms with Gasteiger partial charge < -0.3 is 25.2 Å². The van der Waals surface area contributed by atoms with Crippen molar-refractivity contribution >= 4 is 19.8 Å². The van der Waals surface area contributed by atoms with Crippen LogP contribution in [0.25, 0.3) is 0 Å². The minimum Gasteiger partial charge on any atom is -0.480 e. The Hall–Kier alpha value is -2.59. The topological polar surface area (TPSA) is 155 Å². The Morgan fingerprint density at radius 3 is 1.34 bits per heavy atom. The predicted octanol–water partition coefficient (Wildman–Crippen LogP) is 14.9. The summed E-state index contributed by atoms with van der Waals surface area (Å²) in [6, 6.07) is -1.48. The lowest BCUT2D eigenvalue weighted by Gasteiger charge is -2.20. The molecule has 0 saturated heterocycles. The van der Waals surface area contributed by atoms with Crippen molar-refractivity contribution < 1.29 is 42.7 Å². The van der Waals surface area contributed by atoms with Gasteiger partial charge in [0.25, 0.3) is 0 Å². The van der Waals surface area contributed by atoms with Crippen LogP contribution >= 0.6 is 7.82 Å². The summed E-state index contributed by atoms with van der Waals surface area (Å²) in [6.07, 6.45) is 61.0. The zero-order valence-electron chi connectivity index (χ0n) is 40.6. The van der Waals surface area contributed by atoms with E-state index in [0.717, 1.165) is 83.5 Å². The third-order valence-corrected chi connectivity index (χ3v) is 11.7. The van der Waals surface area contributed by atoms with Gasteiger partial charge in [0, 0.05) is 13.0 Å². The Morgan fingerprint density at radius 1 is 0.516 bits per heavy atom. The van der Waals surface area contributed by atoms with Gasteiger partial charge in [-0.3, -0.25) is 18.6 Å². The summed E-state index contributed by atoms with van der Waals surface area (Å²) >= 11 is 0. The molecule has 0 fully saturated rings. The van der Waals surface area contributed by atoms with Gasteiger partial charge in [0.2, 0.25) is 0 Å². The molecule has 3 unspecified atom stereocenters. The molecule has 0 saturated carbocycles. The third kappa shape index (κ3) is 47.4. The molecular weight excluding hydrogens is 826 g/mol. The molecule has 0 aromatic rings. The monoisotopic (exact) mass is 920 g/mol. The molecule has 0 heterocycles. The molecule has 370 valence electrons. The minimum atomic E-state index is -4.63. The predicted molar refractivity (Wildman–Crippen MR) is 267 cm³/mol.